The summed E-state index contributed by atoms with van der Waals surface area (Å²) in [6.07, 6.45) is 1.52. The first-order chi connectivity index (χ1) is 9.24. The molecule has 0 aliphatic heterocycles. The fourth-order valence-electron chi connectivity index (χ4n) is 1.67. The van der Waals surface area contributed by atoms with Crippen molar-refractivity contribution in [3.63, 3.8) is 0 Å². The summed E-state index contributed by atoms with van der Waals surface area (Å²) in [4.78, 5) is 11.9. The summed E-state index contributed by atoms with van der Waals surface area (Å²) in [6, 6.07) is 9.21. The molecule has 1 heterocycles. The van der Waals surface area contributed by atoms with E-state index in [0.29, 0.717) is 17.1 Å². The number of aromatic amines is 1. The van der Waals surface area contributed by atoms with Crippen LogP contribution < -0.4 is 10.1 Å². The molecule has 0 spiro atoms. The zero-order chi connectivity index (χ0) is 13.7. The molecule has 0 aliphatic rings. The van der Waals surface area contributed by atoms with E-state index in [4.69, 9.17) is 10.00 Å². The maximum Gasteiger partial charge on any atom is 0.230 e. The Bertz CT molecular complexity index is 628. The van der Waals surface area contributed by atoms with Crippen LogP contribution in [0.25, 0.3) is 0 Å². The van der Waals surface area contributed by atoms with Crippen LogP contribution in [-0.4, -0.2) is 23.2 Å². The van der Waals surface area contributed by atoms with Crippen molar-refractivity contribution >= 4 is 11.7 Å². The fourth-order valence-corrected chi connectivity index (χ4v) is 1.67. The first kappa shape index (κ1) is 12.6. The molecule has 0 unspecified atom stereocenters. The van der Waals surface area contributed by atoms with Crippen LogP contribution in [0, 0.1) is 11.3 Å². The summed E-state index contributed by atoms with van der Waals surface area (Å²) < 4.78 is 5.17. The van der Waals surface area contributed by atoms with Crippen molar-refractivity contribution in [1.82, 2.24) is 10.2 Å². The van der Waals surface area contributed by atoms with Crippen molar-refractivity contribution < 1.29 is 9.53 Å². The minimum Gasteiger partial charge on any atom is -0.496 e. The van der Waals surface area contributed by atoms with Crippen LogP contribution in [0.5, 0.6) is 5.75 Å². The highest BCUT2D eigenvalue weighted by atomic mass is 16.5. The van der Waals surface area contributed by atoms with Gasteiger partial charge in [0.15, 0.2) is 0 Å². The first-order valence-electron chi connectivity index (χ1n) is 5.60. The molecule has 2 aromatic rings. The van der Waals surface area contributed by atoms with Gasteiger partial charge in [-0.1, -0.05) is 18.2 Å². The molecular formula is C13H12N4O2. The third-order valence-corrected chi connectivity index (χ3v) is 2.57. The number of nitrogens with one attached hydrogen (secondary N) is 2. The molecule has 1 amide bonds. The van der Waals surface area contributed by atoms with Crippen molar-refractivity contribution in [2.45, 2.75) is 6.42 Å². The van der Waals surface area contributed by atoms with Crippen LogP contribution in [0.15, 0.2) is 30.5 Å². The lowest BCUT2D eigenvalue weighted by Gasteiger charge is -2.08. The van der Waals surface area contributed by atoms with Crippen LogP contribution in [0.2, 0.25) is 0 Å². The minimum absolute atomic E-state index is 0.161. The van der Waals surface area contributed by atoms with Crippen molar-refractivity contribution in [3.05, 3.63) is 41.6 Å². The number of hydrogen-bond donors (Lipinski definition) is 2. The highest BCUT2D eigenvalue weighted by Gasteiger charge is 2.11. The summed E-state index contributed by atoms with van der Waals surface area (Å²) in [5.74, 6) is 0.718. The normalized spacial score (nSPS) is 9.68. The molecule has 2 N–H and O–H groups in total. The number of anilines is 1. The molecule has 96 valence electrons. The average molecular weight is 256 g/mol. The van der Waals surface area contributed by atoms with E-state index in [0.717, 1.165) is 5.56 Å². The number of amides is 1. The van der Waals surface area contributed by atoms with Gasteiger partial charge in [0, 0.05) is 5.56 Å². The lowest BCUT2D eigenvalue weighted by molar-refractivity contribution is -0.115. The molecule has 2 rings (SSSR count). The van der Waals surface area contributed by atoms with Crippen molar-refractivity contribution in [2.75, 3.05) is 12.4 Å². The molecule has 0 fully saturated rings. The Morgan fingerprint density at radius 1 is 1.53 bits per heavy atom. The summed E-state index contributed by atoms with van der Waals surface area (Å²) in [5, 5.41) is 17.7. The zero-order valence-corrected chi connectivity index (χ0v) is 10.3. The highest BCUT2D eigenvalue weighted by Crippen LogP contribution is 2.18. The molecule has 19 heavy (non-hydrogen) atoms. The monoisotopic (exact) mass is 256 g/mol. The third kappa shape index (κ3) is 2.90. The van der Waals surface area contributed by atoms with Crippen LogP contribution >= 0.6 is 0 Å². The maximum absolute atomic E-state index is 11.9. The number of benzene rings is 1. The summed E-state index contributed by atoms with van der Waals surface area (Å²) in [5.41, 5.74) is 1.08. The fraction of sp³-hybridized carbons (Fsp3) is 0.154. The average Bonchev–Trinajstić information content (AvgIpc) is 2.86. The number of rotatable bonds is 4. The van der Waals surface area contributed by atoms with Gasteiger partial charge < -0.3 is 10.1 Å². The molecule has 0 saturated heterocycles. The predicted octanol–water partition coefficient (Wildman–Crippen LogP) is 1.47. The molecule has 0 aliphatic carbocycles. The number of para-hydroxylation sites is 1. The van der Waals surface area contributed by atoms with Crippen molar-refractivity contribution in [1.29, 1.82) is 5.26 Å². The van der Waals surface area contributed by atoms with Crippen LogP contribution in [0.1, 0.15) is 11.1 Å². The van der Waals surface area contributed by atoms with Gasteiger partial charge in [0.25, 0.3) is 0 Å². The third-order valence-electron chi connectivity index (χ3n) is 2.57. The Hall–Kier alpha value is -2.81. The van der Waals surface area contributed by atoms with E-state index in [1.54, 1.807) is 13.2 Å². The van der Waals surface area contributed by atoms with Gasteiger partial charge in [0.2, 0.25) is 5.91 Å². The van der Waals surface area contributed by atoms with Crippen LogP contribution in [-0.2, 0) is 11.2 Å². The van der Waals surface area contributed by atoms with Gasteiger partial charge in [-0.3, -0.25) is 9.89 Å². The van der Waals surface area contributed by atoms with Crippen LogP contribution in [0.4, 0.5) is 5.82 Å². The Balaban J connectivity index is 2.08. The van der Waals surface area contributed by atoms with E-state index in [1.807, 2.05) is 24.3 Å². The second-order valence-electron chi connectivity index (χ2n) is 3.81. The minimum atomic E-state index is -0.245. The predicted molar refractivity (Wildman–Crippen MR) is 68.6 cm³/mol. The van der Waals surface area contributed by atoms with Gasteiger partial charge in [0.05, 0.1) is 19.7 Å². The number of hydrogen-bond acceptors (Lipinski definition) is 4. The smallest absolute Gasteiger partial charge is 0.230 e. The Kier molecular flexibility index (Phi) is 3.78. The van der Waals surface area contributed by atoms with E-state index in [-0.39, 0.29) is 12.3 Å². The van der Waals surface area contributed by atoms with Crippen molar-refractivity contribution in [2.24, 2.45) is 0 Å². The molecule has 1 aromatic carbocycles. The number of methoxy groups -OCH3 is 1. The highest BCUT2D eigenvalue weighted by molar-refractivity contribution is 5.92. The van der Waals surface area contributed by atoms with Crippen LogP contribution in [0.3, 0.4) is 0 Å². The molecule has 1 aromatic heterocycles. The molecule has 0 bridgehead atoms. The quantitative estimate of drug-likeness (QED) is 0.866. The second kappa shape index (κ2) is 5.69. The number of aromatic nitrogens is 2. The maximum atomic E-state index is 11.9. The Morgan fingerprint density at radius 3 is 3.05 bits per heavy atom. The van der Waals surface area contributed by atoms with E-state index < -0.39 is 0 Å². The number of nitrogens with zero attached hydrogens (tertiary/aromatic N) is 2. The van der Waals surface area contributed by atoms with E-state index in [1.165, 1.54) is 6.20 Å². The lowest BCUT2D eigenvalue weighted by atomic mass is 10.1. The summed E-state index contributed by atoms with van der Waals surface area (Å²) in [7, 11) is 1.55. The number of H-pyrrole nitrogens is 1. The zero-order valence-electron chi connectivity index (χ0n) is 10.3. The van der Waals surface area contributed by atoms with E-state index in [9.17, 15) is 4.79 Å². The van der Waals surface area contributed by atoms with Gasteiger partial charge in [-0.25, -0.2) is 0 Å². The largest absolute Gasteiger partial charge is 0.496 e. The number of nitriles is 1. The summed E-state index contributed by atoms with van der Waals surface area (Å²) in [6.45, 7) is 0. The lowest BCUT2D eigenvalue weighted by Crippen LogP contribution is -2.15. The van der Waals surface area contributed by atoms with Gasteiger partial charge >= 0.3 is 0 Å². The number of carbonyl (C=O) groups excluding carboxylic acids is 1. The molecular weight excluding hydrogens is 244 g/mol. The molecule has 0 atom stereocenters. The Labute approximate surface area is 110 Å². The second-order valence-corrected chi connectivity index (χ2v) is 3.81. The number of ether oxygens (including phenoxy) is 1. The molecule has 6 heteroatoms. The number of carbonyl (C=O) groups is 1. The van der Waals surface area contributed by atoms with E-state index >= 15 is 0 Å². The molecule has 6 nitrogen and oxygen atoms in total. The van der Waals surface area contributed by atoms with Crippen molar-refractivity contribution in [3.8, 4) is 11.8 Å². The Morgan fingerprint density at radius 2 is 2.32 bits per heavy atom. The standard InChI is InChI=1S/C13H12N4O2/c1-19-11-5-3-2-4-9(11)6-12(18)16-13-10(7-14)8-15-17-13/h2-5,8H,6H2,1H3,(H2,15,16,17,18). The molecule has 0 radical (unpaired) electrons. The van der Waals surface area contributed by atoms with Gasteiger partial charge in [-0.05, 0) is 6.07 Å². The topological polar surface area (TPSA) is 90.8 Å². The molecule has 0 saturated carbocycles. The van der Waals surface area contributed by atoms with Gasteiger partial charge in [0.1, 0.15) is 23.2 Å². The van der Waals surface area contributed by atoms with Gasteiger partial charge in [-0.15, -0.1) is 0 Å². The summed E-state index contributed by atoms with van der Waals surface area (Å²) >= 11 is 0. The van der Waals surface area contributed by atoms with Gasteiger partial charge in [-0.2, -0.15) is 10.4 Å². The van der Waals surface area contributed by atoms with E-state index in [2.05, 4.69) is 15.5 Å². The SMILES string of the molecule is COc1ccccc1CC(=O)Nc1[nH]ncc1C#N. The first-order valence-corrected chi connectivity index (χ1v) is 5.60.